The molecule has 2 rings (SSSR count). The summed E-state index contributed by atoms with van der Waals surface area (Å²) in [6.45, 7) is 2.44. The molecule has 2 aromatic rings. The zero-order chi connectivity index (χ0) is 17.6. The van der Waals surface area contributed by atoms with Gasteiger partial charge in [-0.2, -0.15) is 0 Å². The number of methoxy groups -OCH3 is 2. The largest absolute Gasteiger partial charge is 0.497 e. The van der Waals surface area contributed by atoms with Crippen molar-refractivity contribution in [3.8, 4) is 11.5 Å². The summed E-state index contributed by atoms with van der Waals surface area (Å²) < 4.78 is 38.4. The van der Waals surface area contributed by atoms with Gasteiger partial charge in [-0.1, -0.05) is 31.5 Å². The van der Waals surface area contributed by atoms with Crippen molar-refractivity contribution in [1.82, 2.24) is 0 Å². The molecule has 0 aliphatic heterocycles. The quantitative estimate of drug-likeness (QED) is 0.729. The molecule has 6 heteroatoms. The normalized spacial score (nSPS) is 11.1. The Labute approximate surface area is 143 Å². The molecule has 5 nitrogen and oxygen atoms in total. The van der Waals surface area contributed by atoms with E-state index in [-0.39, 0.29) is 4.90 Å². The van der Waals surface area contributed by atoms with Gasteiger partial charge in [0, 0.05) is 12.6 Å². The van der Waals surface area contributed by atoms with Gasteiger partial charge in [-0.15, -0.1) is 0 Å². The maximum atomic E-state index is 13.3. The fourth-order valence-electron chi connectivity index (χ4n) is 2.39. The summed E-state index contributed by atoms with van der Waals surface area (Å²) in [5.41, 5.74) is 0.635. The first-order chi connectivity index (χ1) is 11.5. The molecule has 0 spiro atoms. The van der Waals surface area contributed by atoms with Crippen LogP contribution in [0.15, 0.2) is 53.4 Å². The fraction of sp³-hybridized carbons (Fsp3) is 0.333. The van der Waals surface area contributed by atoms with E-state index in [1.165, 1.54) is 24.6 Å². The van der Waals surface area contributed by atoms with Crippen molar-refractivity contribution >= 4 is 15.7 Å². The minimum atomic E-state index is -3.77. The lowest BCUT2D eigenvalue weighted by molar-refractivity contribution is 0.392. The van der Waals surface area contributed by atoms with E-state index >= 15 is 0 Å². The van der Waals surface area contributed by atoms with E-state index in [1.807, 2.05) is 25.1 Å². The average Bonchev–Trinajstić information content (AvgIpc) is 2.62. The molecule has 0 fully saturated rings. The third-order valence-corrected chi connectivity index (χ3v) is 5.55. The topological polar surface area (TPSA) is 55.8 Å². The molecule has 0 amide bonds. The SMILES string of the molecule is CCCCN(c1ccccc1)S(=O)(=O)c1cc(OC)ccc1OC. The van der Waals surface area contributed by atoms with E-state index in [0.717, 1.165) is 12.8 Å². The zero-order valence-electron chi connectivity index (χ0n) is 14.2. The molecule has 0 aliphatic carbocycles. The zero-order valence-corrected chi connectivity index (χ0v) is 15.0. The van der Waals surface area contributed by atoms with Crippen LogP contribution in [0, 0.1) is 0 Å². The highest BCUT2D eigenvalue weighted by molar-refractivity contribution is 7.93. The average molecular weight is 349 g/mol. The molecule has 2 aromatic carbocycles. The maximum Gasteiger partial charge on any atom is 0.268 e. The summed E-state index contributed by atoms with van der Waals surface area (Å²) in [6.07, 6.45) is 1.66. The van der Waals surface area contributed by atoms with Gasteiger partial charge in [0.15, 0.2) is 0 Å². The van der Waals surface area contributed by atoms with E-state index < -0.39 is 10.0 Å². The van der Waals surface area contributed by atoms with Crippen LogP contribution >= 0.6 is 0 Å². The number of sulfonamides is 1. The summed E-state index contributed by atoms with van der Waals surface area (Å²) in [7, 11) is -0.811. The lowest BCUT2D eigenvalue weighted by atomic mass is 10.3. The van der Waals surface area contributed by atoms with Gasteiger partial charge in [-0.3, -0.25) is 4.31 Å². The van der Waals surface area contributed by atoms with E-state index in [9.17, 15) is 8.42 Å². The third kappa shape index (κ3) is 3.82. The minimum Gasteiger partial charge on any atom is -0.497 e. The number of hydrogen-bond acceptors (Lipinski definition) is 4. The monoisotopic (exact) mass is 349 g/mol. The van der Waals surface area contributed by atoms with Gasteiger partial charge >= 0.3 is 0 Å². The Kier molecular flexibility index (Phi) is 6.09. The molecule has 0 saturated carbocycles. The number of ether oxygens (including phenoxy) is 2. The predicted molar refractivity (Wildman–Crippen MR) is 95.4 cm³/mol. The van der Waals surface area contributed by atoms with Crippen LogP contribution < -0.4 is 13.8 Å². The Morgan fingerprint density at radius 1 is 1.00 bits per heavy atom. The Bertz CT molecular complexity index is 760. The minimum absolute atomic E-state index is 0.101. The van der Waals surface area contributed by atoms with Gasteiger partial charge < -0.3 is 9.47 Å². The second-order valence-electron chi connectivity index (χ2n) is 5.28. The number of benzene rings is 2. The molecule has 0 bridgehead atoms. The summed E-state index contributed by atoms with van der Waals surface area (Å²) in [5.74, 6) is 0.770. The lowest BCUT2D eigenvalue weighted by Crippen LogP contribution is -2.32. The van der Waals surface area contributed by atoms with Crippen molar-refractivity contribution in [2.75, 3.05) is 25.1 Å². The van der Waals surface area contributed by atoms with E-state index in [2.05, 4.69) is 0 Å². The van der Waals surface area contributed by atoms with Gasteiger partial charge in [-0.05, 0) is 30.7 Å². The van der Waals surface area contributed by atoms with Crippen molar-refractivity contribution in [2.24, 2.45) is 0 Å². The van der Waals surface area contributed by atoms with Crippen molar-refractivity contribution < 1.29 is 17.9 Å². The molecule has 24 heavy (non-hydrogen) atoms. The lowest BCUT2D eigenvalue weighted by Gasteiger charge is -2.25. The van der Waals surface area contributed by atoms with Crippen LogP contribution in [-0.2, 0) is 10.0 Å². The van der Waals surface area contributed by atoms with Crippen LogP contribution in [0.3, 0.4) is 0 Å². The molecule has 130 valence electrons. The summed E-state index contributed by atoms with van der Waals surface area (Å²) in [4.78, 5) is 0.101. The number of unbranched alkanes of at least 4 members (excludes halogenated alkanes) is 1. The summed E-state index contributed by atoms with van der Waals surface area (Å²) in [6, 6.07) is 13.9. The second kappa shape index (κ2) is 8.06. The summed E-state index contributed by atoms with van der Waals surface area (Å²) in [5, 5.41) is 0. The molecule has 0 unspecified atom stereocenters. The van der Waals surface area contributed by atoms with Crippen molar-refractivity contribution in [3.05, 3.63) is 48.5 Å². The second-order valence-corrected chi connectivity index (χ2v) is 7.11. The molecule has 0 heterocycles. The van der Waals surface area contributed by atoms with Gasteiger partial charge in [0.05, 0.1) is 19.9 Å². The Hall–Kier alpha value is -2.21. The first-order valence-electron chi connectivity index (χ1n) is 7.84. The first-order valence-corrected chi connectivity index (χ1v) is 9.28. The van der Waals surface area contributed by atoms with Crippen molar-refractivity contribution in [1.29, 1.82) is 0 Å². The molecule has 0 saturated heterocycles. The standard InChI is InChI=1S/C18H23NO4S/c1-4-5-13-19(15-9-7-6-8-10-15)24(20,21)18-14-16(22-2)11-12-17(18)23-3/h6-12,14H,4-5,13H2,1-3H3. The number of rotatable bonds is 8. The Morgan fingerprint density at radius 3 is 2.29 bits per heavy atom. The van der Waals surface area contributed by atoms with Gasteiger partial charge in [0.2, 0.25) is 0 Å². The number of anilines is 1. The first kappa shape index (κ1) is 18.1. The van der Waals surface area contributed by atoms with Gasteiger partial charge in [-0.25, -0.2) is 8.42 Å². The van der Waals surface area contributed by atoms with Crippen LogP contribution in [0.2, 0.25) is 0 Å². The molecule has 0 aromatic heterocycles. The van der Waals surface area contributed by atoms with Crippen LogP contribution in [-0.4, -0.2) is 29.2 Å². The van der Waals surface area contributed by atoms with Crippen LogP contribution in [0.4, 0.5) is 5.69 Å². The highest BCUT2D eigenvalue weighted by Crippen LogP contribution is 2.33. The molecule has 0 atom stereocenters. The van der Waals surface area contributed by atoms with Crippen LogP contribution in [0.5, 0.6) is 11.5 Å². The van der Waals surface area contributed by atoms with Crippen molar-refractivity contribution in [2.45, 2.75) is 24.7 Å². The van der Waals surface area contributed by atoms with E-state index in [0.29, 0.717) is 23.7 Å². The van der Waals surface area contributed by atoms with Crippen molar-refractivity contribution in [3.63, 3.8) is 0 Å². The smallest absolute Gasteiger partial charge is 0.268 e. The predicted octanol–water partition coefficient (Wildman–Crippen LogP) is 3.70. The van der Waals surface area contributed by atoms with Crippen LogP contribution in [0.1, 0.15) is 19.8 Å². The summed E-state index contributed by atoms with van der Waals surface area (Å²) >= 11 is 0. The van der Waals surface area contributed by atoms with E-state index in [1.54, 1.807) is 24.3 Å². The third-order valence-electron chi connectivity index (χ3n) is 3.70. The Morgan fingerprint density at radius 2 is 1.71 bits per heavy atom. The molecular formula is C18H23NO4S. The molecular weight excluding hydrogens is 326 g/mol. The fourth-order valence-corrected chi connectivity index (χ4v) is 4.07. The van der Waals surface area contributed by atoms with E-state index in [4.69, 9.17) is 9.47 Å². The van der Waals surface area contributed by atoms with Gasteiger partial charge in [0.1, 0.15) is 16.4 Å². The van der Waals surface area contributed by atoms with Crippen LogP contribution in [0.25, 0.3) is 0 Å². The number of para-hydroxylation sites is 1. The molecule has 0 aliphatic rings. The molecule has 0 N–H and O–H groups in total. The highest BCUT2D eigenvalue weighted by atomic mass is 32.2. The molecule has 0 radical (unpaired) electrons. The maximum absolute atomic E-state index is 13.3. The number of nitrogens with zero attached hydrogens (tertiary/aromatic N) is 1. The van der Waals surface area contributed by atoms with Gasteiger partial charge in [0.25, 0.3) is 10.0 Å². The number of hydrogen-bond donors (Lipinski definition) is 0. The Balaban J connectivity index is 2.56. The highest BCUT2D eigenvalue weighted by Gasteiger charge is 2.28.